The molecule has 0 N–H and O–H groups in total. The molecule has 0 radical (unpaired) electrons. The number of fused-ring (bicyclic) bond motifs is 2. The zero-order chi connectivity index (χ0) is 25.6. The van der Waals surface area contributed by atoms with Crippen LogP contribution in [-0.4, -0.2) is 48.6 Å². The van der Waals surface area contributed by atoms with E-state index in [4.69, 9.17) is 28.9 Å². The highest BCUT2D eigenvalue weighted by molar-refractivity contribution is 8.76. The third kappa shape index (κ3) is 6.17. The highest BCUT2D eigenvalue weighted by Crippen LogP contribution is 2.43. The molecule has 198 valence electrons. The number of ether oxygens (including phenoxy) is 4. The second kappa shape index (κ2) is 12.8. The molecule has 2 atom stereocenters. The van der Waals surface area contributed by atoms with Crippen LogP contribution in [0.4, 0.5) is 0 Å². The van der Waals surface area contributed by atoms with Crippen LogP contribution in [0.1, 0.15) is 36.8 Å². The van der Waals surface area contributed by atoms with Gasteiger partial charge in [0.2, 0.25) is 0 Å². The molecule has 0 spiro atoms. The lowest BCUT2D eigenvalue weighted by molar-refractivity contribution is 0.0109. The lowest BCUT2D eigenvalue weighted by atomic mass is 10.1. The Morgan fingerprint density at radius 3 is 1.63 bits per heavy atom. The average Bonchev–Trinajstić information content (AvgIpc) is 3.68. The van der Waals surface area contributed by atoms with Gasteiger partial charge in [0, 0.05) is 46.2 Å². The minimum Gasteiger partial charge on any atom is -0.376 e. The topological polar surface area (TPSA) is 62.7 Å². The van der Waals surface area contributed by atoms with Crippen molar-refractivity contribution in [3.8, 4) is 0 Å². The summed E-state index contributed by atoms with van der Waals surface area (Å²) < 4.78 is 23.4. The Hall–Kier alpha value is -2.20. The van der Waals surface area contributed by atoms with E-state index < -0.39 is 0 Å². The van der Waals surface area contributed by atoms with Gasteiger partial charge in [-0.25, -0.2) is 0 Å². The fourth-order valence-corrected chi connectivity index (χ4v) is 7.30. The largest absolute Gasteiger partial charge is 0.376 e. The molecule has 2 saturated heterocycles. The van der Waals surface area contributed by atoms with Crippen LogP contribution in [0.5, 0.6) is 0 Å². The van der Waals surface area contributed by atoms with Crippen LogP contribution >= 0.6 is 21.6 Å². The monoisotopic (exact) mass is 548 g/mol. The predicted octanol–water partition coefficient (Wildman–Crippen LogP) is 6.97. The van der Waals surface area contributed by atoms with Crippen molar-refractivity contribution in [2.24, 2.45) is 0 Å². The second-order valence-electron chi connectivity index (χ2n) is 9.71. The minimum absolute atomic E-state index is 0.230. The van der Waals surface area contributed by atoms with E-state index in [2.05, 4.69) is 36.4 Å². The summed E-state index contributed by atoms with van der Waals surface area (Å²) in [4.78, 5) is 11.7. The second-order valence-corrected chi connectivity index (χ2v) is 11.9. The molecule has 4 heterocycles. The summed E-state index contributed by atoms with van der Waals surface area (Å²) >= 11 is 0. The van der Waals surface area contributed by atoms with E-state index in [1.807, 2.05) is 24.5 Å². The fraction of sp³-hybridized carbons (Fsp3) is 0.400. The Balaban J connectivity index is 1.15. The molecule has 2 aromatic heterocycles. The van der Waals surface area contributed by atoms with Crippen LogP contribution in [-0.2, 0) is 32.2 Å². The molecule has 4 aromatic rings. The molecule has 0 aliphatic carbocycles. The third-order valence-corrected chi connectivity index (χ3v) is 9.47. The molecule has 2 unspecified atom stereocenters. The molecule has 2 aliphatic rings. The van der Waals surface area contributed by atoms with E-state index >= 15 is 0 Å². The van der Waals surface area contributed by atoms with Crippen molar-refractivity contribution in [3.05, 3.63) is 72.1 Å². The molecule has 6 rings (SSSR count). The van der Waals surface area contributed by atoms with Crippen molar-refractivity contribution in [1.29, 1.82) is 0 Å². The third-order valence-electron chi connectivity index (χ3n) is 7.04. The number of hydrogen-bond acceptors (Lipinski definition) is 8. The molecule has 0 amide bonds. The lowest BCUT2D eigenvalue weighted by Gasteiger charge is -2.14. The summed E-state index contributed by atoms with van der Waals surface area (Å²) in [5, 5.41) is 2.26. The Labute approximate surface area is 231 Å². The van der Waals surface area contributed by atoms with E-state index in [-0.39, 0.29) is 12.2 Å². The fourth-order valence-electron chi connectivity index (χ4n) is 5.04. The maximum Gasteiger partial charge on any atom is 0.0850 e. The number of pyridine rings is 2. The van der Waals surface area contributed by atoms with Gasteiger partial charge in [-0.1, -0.05) is 45.9 Å². The molecular formula is C30H32N2O4S2. The average molecular weight is 549 g/mol. The molecule has 0 saturated carbocycles. The number of hydrogen-bond donors (Lipinski definition) is 0. The first kappa shape index (κ1) is 26.0. The van der Waals surface area contributed by atoms with Crippen molar-refractivity contribution in [1.82, 2.24) is 9.97 Å². The van der Waals surface area contributed by atoms with Gasteiger partial charge in [-0.15, -0.1) is 0 Å². The SMILES string of the molecule is c1cnc2c(SSc3ccc(COCC4CCCO4)c4cccnc34)ccc(COCC3CCCO3)c2c1. The number of aromatic nitrogens is 2. The van der Waals surface area contributed by atoms with Crippen molar-refractivity contribution >= 4 is 43.4 Å². The van der Waals surface area contributed by atoms with E-state index in [9.17, 15) is 0 Å². The summed E-state index contributed by atoms with van der Waals surface area (Å²) in [5.74, 6) is 0. The maximum atomic E-state index is 6.01. The van der Waals surface area contributed by atoms with E-state index in [0.29, 0.717) is 26.4 Å². The first-order chi connectivity index (χ1) is 18.8. The van der Waals surface area contributed by atoms with Crippen LogP contribution in [0, 0.1) is 0 Å². The molecule has 2 aromatic carbocycles. The Kier molecular flexibility index (Phi) is 8.75. The van der Waals surface area contributed by atoms with Gasteiger partial charge in [0.25, 0.3) is 0 Å². The zero-order valence-electron chi connectivity index (χ0n) is 21.3. The first-order valence-electron chi connectivity index (χ1n) is 13.3. The van der Waals surface area contributed by atoms with Crippen molar-refractivity contribution in [3.63, 3.8) is 0 Å². The highest BCUT2D eigenvalue weighted by atomic mass is 33.1. The highest BCUT2D eigenvalue weighted by Gasteiger charge is 2.17. The normalized spacial score (nSPS) is 19.6. The summed E-state index contributed by atoms with van der Waals surface area (Å²) in [6.07, 6.45) is 8.60. The molecule has 6 nitrogen and oxygen atoms in total. The van der Waals surface area contributed by atoms with Gasteiger partial charge in [0.15, 0.2) is 0 Å². The van der Waals surface area contributed by atoms with Crippen molar-refractivity contribution in [2.45, 2.75) is 60.9 Å². The molecule has 2 aliphatic heterocycles. The smallest absolute Gasteiger partial charge is 0.0850 e. The Morgan fingerprint density at radius 1 is 0.684 bits per heavy atom. The van der Waals surface area contributed by atoms with E-state index in [0.717, 1.165) is 81.6 Å². The van der Waals surface area contributed by atoms with Gasteiger partial charge in [0.05, 0.1) is 49.7 Å². The Morgan fingerprint density at radius 2 is 1.18 bits per heavy atom. The summed E-state index contributed by atoms with van der Waals surface area (Å²) in [6, 6.07) is 16.9. The van der Waals surface area contributed by atoms with Gasteiger partial charge >= 0.3 is 0 Å². The minimum atomic E-state index is 0.230. The molecule has 2 fully saturated rings. The van der Waals surface area contributed by atoms with Gasteiger partial charge in [-0.05, 0) is 61.1 Å². The summed E-state index contributed by atoms with van der Waals surface area (Å²) in [6.45, 7) is 4.10. The van der Waals surface area contributed by atoms with Gasteiger partial charge < -0.3 is 18.9 Å². The van der Waals surface area contributed by atoms with E-state index in [1.165, 1.54) is 0 Å². The van der Waals surface area contributed by atoms with E-state index in [1.54, 1.807) is 21.6 Å². The van der Waals surface area contributed by atoms with Crippen LogP contribution in [0.3, 0.4) is 0 Å². The standard InChI is InChI=1S/C30H32N2O4S2/c1-7-25-21(17-33-19-23-5-3-15-35-23)9-11-27(29(25)31-13-1)37-38-28-12-10-22(26-8-2-14-32-30(26)28)18-34-20-24-6-4-16-36-24/h1-2,7-14,23-24H,3-6,15-20H2. The summed E-state index contributed by atoms with van der Waals surface area (Å²) in [5.41, 5.74) is 4.30. The lowest BCUT2D eigenvalue weighted by Crippen LogP contribution is -2.13. The van der Waals surface area contributed by atoms with Crippen LogP contribution in [0.15, 0.2) is 70.7 Å². The summed E-state index contributed by atoms with van der Waals surface area (Å²) in [7, 11) is 3.43. The Bertz CT molecular complexity index is 1270. The number of benzene rings is 2. The molecule has 38 heavy (non-hydrogen) atoms. The predicted molar refractivity (Wildman–Crippen MR) is 152 cm³/mol. The van der Waals surface area contributed by atoms with Crippen molar-refractivity contribution < 1.29 is 18.9 Å². The first-order valence-corrected chi connectivity index (χ1v) is 15.5. The molecule has 0 bridgehead atoms. The quantitative estimate of drug-likeness (QED) is 0.186. The number of rotatable bonds is 11. The van der Waals surface area contributed by atoms with Gasteiger partial charge in [0.1, 0.15) is 0 Å². The van der Waals surface area contributed by atoms with Crippen LogP contribution in [0.2, 0.25) is 0 Å². The maximum absolute atomic E-state index is 6.01. The molecular weight excluding hydrogens is 516 g/mol. The number of nitrogens with zero attached hydrogens (tertiary/aromatic N) is 2. The van der Waals surface area contributed by atoms with Crippen LogP contribution < -0.4 is 0 Å². The van der Waals surface area contributed by atoms with Gasteiger partial charge in [-0.3, -0.25) is 9.97 Å². The zero-order valence-corrected chi connectivity index (χ0v) is 23.0. The molecule has 8 heteroatoms. The van der Waals surface area contributed by atoms with Gasteiger partial charge in [-0.2, -0.15) is 0 Å². The van der Waals surface area contributed by atoms with Crippen molar-refractivity contribution in [2.75, 3.05) is 26.4 Å². The van der Waals surface area contributed by atoms with Crippen LogP contribution in [0.25, 0.3) is 21.8 Å².